The lowest BCUT2D eigenvalue weighted by atomic mass is 10.2. The van der Waals surface area contributed by atoms with Gasteiger partial charge in [0.05, 0.1) is 5.69 Å². The van der Waals surface area contributed by atoms with Gasteiger partial charge in [0.1, 0.15) is 12.4 Å². The first-order chi connectivity index (χ1) is 13.3. The molecule has 1 heterocycles. The van der Waals surface area contributed by atoms with Crippen LogP contribution >= 0.6 is 15.9 Å². The van der Waals surface area contributed by atoms with E-state index in [1.165, 1.54) is 30.6 Å². The highest BCUT2D eigenvalue weighted by Crippen LogP contribution is 2.20. The smallest absolute Gasteiger partial charge is 0.320 e. The van der Waals surface area contributed by atoms with Crippen molar-refractivity contribution in [3.63, 3.8) is 0 Å². The van der Waals surface area contributed by atoms with E-state index in [1.54, 1.807) is 25.1 Å². The quantitative estimate of drug-likeness (QED) is 0.626. The van der Waals surface area contributed by atoms with Gasteiger partial charge in [-0.1, -0.05) is 22.0 Å². The fourth-order valence-corrected chi connectivity index (χ4v) is 2.99. The van der Waals surface area contributed by atoms with Crippen LogP contribution in [0.15, 0.2) is 62.9 Å². The minimum atomic E-state index is -0.867. The molecule has 144 valence electrons. The van der Waals surface area contributed by atoms with Crippen molar-refractivity contribution in [3.05, 3.63) is 90.9 Å². The Morgan fingerprint density at radius 2 is 1.79 bits per heavy atom. The number of nitrogens with zero attached hydrogens (tertiary/aromatic N) is 2. The number of rotatable bonds is 4. The predicted molar refractivity (Wildman–Crippen MR) is 109 cm³/mol. The molecule has 0 unspecified atom stereocenters. The van der Waals surface area contributed by atoms with Crippen LogP contribution in [0.5, 0.6) is 0 Å². The van der Waals surface area contributed by atoms with Crippen molar-refractivity contribution in [2.45, 2.75) is 20.4 Å². The van der Waals surface area contributed by atoms with Gasteiger partial charge < -0.3 is 5.32 Å². The van der Waals surface area contributed by atoms with Crippen LogP contribution in [-0.2, 0) is 11.3 Å². The van der Waals surface area contributed by atoms with Crippen molar-refractivity contribution >= 4 is 27.5 Å². The Bertz CT molecular complexity index is 1180. The van der Waals surface area contributed by atoms with Gasteiger partial charge >= 0.3 is 11.1 Å². The van der Waals surface area contributed by atoms with Gasteiger partial charge in [0.25, 0.3) is 0 Å². The van der Waals surface area contributed by atoms with E-state index < -0.39 is 22.8 Å². The van der Waals surface area contributed by atoms with Crippen LogP contribution < -0.4 is 16.4 Å². The van der Waals surface area contributed by atoms with Crippen LogP contribution in [0, 0.1) is 19.7 Å². The second-order valence-corrected chi connectivity index (χ2v) is 7.20. The van der Waals surface area contributed by atoms with Crippen molar-refractivity contribution in [2.75, 3.05) is 5.32 Å². The summed E-state index contributed by atoms with van der Waals surface area (Å²) in [4.78, 5) is 37.1. The van der Waals surface area contributed by atoms with Gasteiger partial charge in [-0.05, 0) is 55.3 Å². The number of hydrogen-bond donors (Lipinski definition) is 1. The largest absolute Gasteiger partial charge is 0.325 e. The van der Waals surface area contributed by atoms with Gasteiger partial charge in [-0.25, -0.2) is 4.39 Å². The summed E-state index contributed by atoms with van der Waals surface area (Å²) in [5, 5.41) is 2.69. The molecule has 0 atom stereocenters. The summed E-state index contributed by atoms with van der Waals surface area (Å²) in [7, 11) is 0. The number of hydrogen-bond acceptors (Lipinski definition) is 3. The minimum absolute atomic E-state index is 0.282. The average Bonchev–Trinajstić information content (AvgIpc) is 2.64. The molecule has 0 bridgehead atoms. The van der Waals surface area contributed by atoms with E-state index in [4.69, 9.17) is 0 Å². The molecule has 3 rings (SSSR count). The van der Waals surface area contributed by atoms with Crippen molar-refractivity contribution in [1.29, 1.82) is 0 Å². The molecular weight excluding hydrogens is 429 g/mol. The van der Waals surface area contributed by atoms with Gasteiger partial charge in [0, 0.05) is 22.6 Å². The van der Waals surface area contributed by atoms with Crippen LogP contribution in [0.25, 0.3) is 5.69 Å². The highest BCUT2D eigenvalue weighted by Gasteiger charge is 2.12. The summed E-state index contributed by atoms with van der Waals surface area (Å²) in [5.41, 5.74) is 0.732. The van der Waals surface area contributed by atoms with E-state index in [0.717, 1.165) is 19.2 Å². The van der Waals surface area contributed by atoms with Crippen molar-refractivity contribution in [3.8, 4) is 5.69 Å². The van der Waals surface area contributed by atoms with E-state index in [2.05, 4.69) is 21.2 Å². The van der Waals surface area contributed by atoms with E-state index in [0.29, 0.717) is 11.3 Å². The third-order valence-electron chi connectivity index (χ3n) is 4.24. The zero-order valence-electron chi connectivity index (χ0n) is 15.2. The molecule has 0 spiro atoms. The molecular formula is C20H17BrFN3O3. The SMILES string of the molecule is Cc1cc(NC(=O)Cn2ccn(-c3cc(F)ccc3C)c(=O)c2=O)ccc1Br. The minimum Gasteiger partial charge on any atom is -0.325 e. The van der Waals surface area contributed by atoms with Crippen LogP contribution in [0.3, 0.4) is 0 Å². The summed E-state index contributed by atoms with van der Waals surface area (Å²) in [5.74, 6) is -0.955. The van der Waals surface area contributed by atoms with E-state index in [9.17, 15) is 18.8 Å². The molecule has 0 aliphatic carbocycles. The van der Waals surface area contributed by atoms with Gasteiger partial charge in [-0.3, -0.25) is 23.5 Å². The standard InChI is InChI=1S/C20H17BrFN3O3/c1-12-3-4-14(22)10-17(12)25-8-7-24(19(27)20(25)28)11-18(26)23-15-5-6-16(21)13(2)9-15/h3-10H,11H2,1-2H3,(H,23,26). The molecule has 8 heteroatoms. The number of halogens is 2. The zero-order valence-corrected chi connectivity index (χ0v) is 16.8. The van der Waals surface area contributed by atoms with E-state index in [-0.39, 0.29) is 12.2 Å². The molecule has 1 aromatic heterocycles. The summed E-state index contributed by atoms with van der Waals surface area (Å²) in [6.45, 7) is 3.28. The highest BCUT2D eigenvalue weighted by molar-refractivity contribution is 9.10. The third kappa shape index (κ3) is 4.12. The molecule has 28 heavy (non-hydrogen) atoms. The summed E-state index contributed by atoms with van der Waals surface area (Å²) < 4.78 is 16.5. The Balaban J connectivity index is 1.86. The third-order valence-corrected chi connectivity index (χ3v) is 5.13. The van der Waals surface area contributed by atoms with E-state index in [1.807, 2.05) is 6.92 Å². The number of carbonyl (C=O) groups excluding carboxylic acids is 1. The Kier molecular flexibility index (Phi) is 5.60. The monoisotopic (exact) mass is 445 g/mol. The van der Waals surface area contributed by atoms with Crippen LogP contribution in [0.4, 0.5) is 10.1 Å². The predicted octanol–water partition coefficient (Wildman–Crippen LogP) is 3.16. The van der Waals surface area contributed by atoms with E-state index >= 15 is 0 Å². The van der Waals surface area contributed by atoms with Gasteiger partial charge in [-0.15, -0.1) is 0 Å². The first-order valence-corrected chi connectivity index (χ1v) is 9.20. The molecule has 6 nitrogen and oxygen atoms in total. The number of nitrogens with one attached hydrogen (secondary N) is 1. The maximum Gasteiger partial charge on any atom is 0.320 e. The first kappa shape index (κ1) is 19.8. The Hall–Kier alpha value is -3.00. The molecule has 0 fully saturated rings. The fraction of sp³-hybridized carbons (Fsp3) is 0.150. The van der Waals surface area contributed by atoms with Gasteiger partial charge in [-0.2, -0.15) is 0 Å². The van der Waals surface area contributed by atoms with Crippen molar-refractivity contribution < 1.29 is 9.18 Å². The maximum absolute atomic E-state index is 13.5. The highest BCUT2D eigenvalue weighted by atomic mass is 79.9. The molecule has 1 N–H and O–H groups in total. The fourth-order valence-electron chi connectivity index (χ4n) is 2.74. The lowest BCUT2D eigenvalue weighted by molar-refractivity contribution is -0.116. The number of anilines is 1. The second-order valence-electron chi connectivity index (χ2n) is 6.35. The molecule has 0 saturated heterocycles. The van der Waals surface area contributed by atoms with Crippen LogP contribution in [0.2, 0.25) is 0 Å². The number of aryl methyl sites for hydroxylation is 2. The first-order valence-electron chi connectivity index (χ1n) is 8.41. The topological polar surface area (TPSA) is 73.1 Å². The van der Waals surface area contributed by atoms with Crippen LogP contribution in [-0.4, -0.2) is 15.0 Å². The number of amides is 1. The summed E-state index contributed by atoms with van der Waals surface area (Å²) in [6, 6.07) is 9.30. The molecule has 3 aromatic rings. The lowest BCUT2D eigenvalue weighted by Gasteiger charge is -2.12. The normalized spacial score (nSPS) is 10.7. The number of aromatic nitrogens is 2. The Labute approximate surface area is 168 Å². The summed E-state index contributed by atoms with van der Waals surface area (Å²) >= 11 is 3.38. The Morgan fingerprint density at radius 3 is 2.50 bits per heavy atom. The number of carbonyl (C=O) groups is 1. The number of benzene rings is 2. The van der Waals surface area contributed by atoms with Crippen LogP contribution in [0.1, 0.15) is 11.1 Å². The Morgan fingerprint density at radius 1 is 1.04 bits per heavy atom. The second kappa shape index (κ2) is 7.93. The molecule has 2 aromatic carbocycles. The molecule has 0 saturated carbocycles. The molecule has 0 aliphatic heterocycles. The molecule has 0 aliphatic rings. The molecule has 1 amide bonds. The maximum atomic E-state index is 13.5. The average molecular weight is 446 g/mol. The lowest BCUT2D eigenvalue weighted by Crippen LogP contribution is -2.41. The summed E-state index contributed by atoms with van der Waals surface area (Å²) in [6.07, 6.45) is 2.68. The van der Waals surface area contributed by atoms with Crippen molar-refractivity contribution in [1.82, 2.24) is 9.13 Å². The zero-order chi connectivity index (χ0) is 20.4. The molecule has 0 radical (unpaired) electrons. The van der Waals surface area contributed by atoms with Gasteiger partial charge in [0.2, 0.25) is 5.91 Å². The van der Waals surface area contributed by atoms with Gasteiger partial charge in [0.15, 0.2) is 0 Å². The van der Waals surface area contributed by atoms with Crippen molar-refractivity contribution in [2.24, 2.45) is 0 Å².